The lowest BCUT2D eigenvalue weighted by atomic mass is 10.0. The molecule has 0 aromatic carbocycles. The molecule has 0 radical (unpaired) electrons. The van der Waals surface area contributed by atoms with Crippen LogP contribution in [0.25, 0.3) is 0 Å². The van der Waals surface area contributed by atoms with Crippen LogP contribution in [-0.2, 0) is 16.0 Å². The van der Waals surface area contributed by atoms with Gasteiger partial charge in [-0.1, -0.05) is 0 Å². The highest BCUT2D eigenvalue weighted by Crippen LogP contribution is 2.42. The third kappa shape index (κ3) is 3.07. The van der Waals surface area contributed by atoms with Gasteiger partial charge in [0.05, 0.1) is 0 Å². The molecule has 1 heterocycles. The average Bonchev–Trinajstić information content (AvgIpc) is 3.20. The summed E-state index contributed by atoms with van der Waals surface area (Å²) in [6.07, 6.45) is 7.19. The summed E-state index contributed by atoms with van der Waals surface area (Å²) >= 11 is 0. The van der Waals surface area contributed by atoms with Crippen LogP contribution in [0.2, 0.25) is 0 Å². The van der Waals surface area contributed by atoms with Gasteiger partial charge in [-0.3, -0.25) is 4.98 Å². The minimum atomic E-state index is -0.988. The maximum Gasteiger partial charge on any atom is 0.335 e. The van der Waals surface area contributed by atoms with Gasteiger partial charge in [0.25, 0.3) is 0 Å². The van der Waals surface area contributed by atoms with Crippen LogP contribution < -0.4 is 0 Å². The van der Waals surface area contributed by atoms with Crippen molar-refractivity contribution >= 4 is 5.97 Å². The molecule has 18 heavy (non-hydrogen) atoms. The Labute approximate surface area is 107 Å². The van der Waals surface area contributed by atoms with Gasteiger partial charge in [-0.25, -0.2) is 4.79 Å². The molecule has 1 aromatic rings. The molecule has 4 nitrogen and oxygen atoms in total. The number of carboxylic acids is 1. The van der Waals surface area contributed by atoms with Crippen molar-refractivity contribution in [3.05, 3.63) is 30.1 Å². The number of rotatable bonds is 7. The number of pyridine rings is 1. The van der Waals surface area contributed by atoms with Gasteiger partial charge in [0.2, 0.25) is 0 Å². The van der Waals surface area contributed by atoms with Gasteiger partial charge in [0, 0.05) is 19.0 Å². The summed E-state index contributed by atoms with van der Waals surface area (Å²) in [6, 6.07) is 3.94. The highest BCUT2D eigenvalue weighted by molar-refractivity contribution is 5.77. The summed E-state index contributed by atoms with van der Waals surface area (Å²) in [5.74, 6) is -0.648. The van der Waals surface area contributed by atoms with Crippen LogP contribution in [0.4, 0.5) is 0 Å². The van der Waals surface area contributed by atoms with Gasteiger partial charge < -0.3 is 9.84 Å². The predicted octanol–water partition coefficient (Wildman–Crippen LogP) is 2.28. The molecular formula is C14H19NO3. The topological polar surface area (TPSA) is 59.4 Å². The molecule has 2 rings (SSSR count). The van der Waals surface area contributed by atoms with E-state index in [0.717, 1.165) is 25.7 Å². The first kappa shape index (κ1) is 13.0. The van der Waals surface area contributed by atoms with Crippen molar-refractivity contribution in [3.8, 4) is 0 Å². The minimum Gasteiger partial charge on any atom is -0.479 e. The van der Waals surface area contributed by atoms with E-state index in [9.17, 15) is 9.90 Å². The lowest BCUT2D eigenvalue weighted by Crippen LogP contribution is -2.41. The molecule has 1 fully saturated rings. The maximum atomic E-state index is 11.2. The fourth-order valence-corrected chi connectivity index (χ4v) is 2.10. The Morgan fingerprint density at radius 3 is 2.72 bits per heavy atom. The second-order valence-electron chi connectivity index (χ2n) is 4.99. The lowest BCUT2D eigenvalue weighted by molar-refractivity contribution is -0.166. The van der Waals surface area contributed by atoms with E-state index in [2.05, 4.69) is 4.98 Å². The van der Waals surface area contributed by atoms with Crippen molar-refractivity contribution in [2.75, 3.05) is 6.61 Å². The summed E-state index contributed by atoms with van der Waals surface area (Å²) in [6.45, 7) is 2.18. The molecule has 0 amide bonds. The second-order valence-corrected chi connectivity index (χ2v) is 4.99. The molecule has 0 bridgehead atoms. The molecule has 1 aliphatic rings. The van der Waals surface area contributed by atoms with Gasteiger partial charge in [-0.15, -0.1) is 0 Å². The number of carbonyl (C=O) groups is 1. The molecule has 1 unspecified atom stereocenters. The third-order valence-electron chi connectivity index (χ3n) is 3.54. The molecule has 98 valence electrons. The van der Waals surface area contributed by atoms with E-state index in [1.54, 1.807) is 19.3 Å². The fraction of sp³-hybridized carbons (Fsp3) is 0.571. The Balaban J connectivity index is 1.76. The van der Waals surface area contributed by atoms with Crippen molar-refractivity contribution in [2.24, 2.45) is 5.92 Å². The van der Waals surface area contributed by atoms with Crippen molar-refractivity contribution < 1.29 is 14.6 Å². The molecular weight excluding hydrogens is 230 g/mol. The predicted molar refractivity (Wildman–Crippen MR) is 67.3 cm³/mol. The van der Waals surface area contributed by atoms with Gasteiger partial charge in [0.15, 0.2) is 5.60 Å². The normalized spacial score (nSPS) is 18.3. The summed E-state index contributed by atoms with van der Waals surface area (Å²) in [4.78, 5) is 15.2. The second kappa shape index (κ2) is 5.48. The van der Waals surface area contributed by atoms with Gasteiger partial charge >= 0.3 is 5.97 Å². The van der Waals surface area contributed by atoms with Gasteiger partial charge in [-0.2, -0.15) is 0 Å². The fourth-order valence-electron chi connectivity index (χ4n) is 2.10. The van der Waals surface area contributed by atoms with Crippen molar-refractivity contribution in [3.63, 3.8) is 0 Å². The molecule has 0 saturated heterocycles. The van der Waals surface area contributed by atoms with Crippen molar-refractivity contribution in [2.45, 2.75) is 38.2 Å². The van der Waals surface area contributed by atoms with Crippen LogP contribution in [0.15, 0.2) is 24.5 Å². The third-order valence-corrected chi connectivity index (χ3v) is 3.54. The van der Waals surface area contributed by atoms with Crippen LogP contribution in [0, 0.1) is 5.92 Å². The molecule has 1 aromatic heterocycles. The first-order valence-corrected chi connectivity index (χ1v) is 6.39. The van der Waals surface area contributed by atoms with Crippen LogP contribution >= 0.6 is 0 Å². The lowest BCUT2D eigenvalue weighted by Gasteiger charge is -2.25. The zero-order chi connectivity index (χ0) is 13.0. The highest BCUT2D eigenvalue weighted by Gasteiger charge is 2.48. The first-order chi connectivity index (χ1) is 8.63. The summed E-state index contributed by atoms with van der Waals surface area (Å²) < 4.78 is 5.62. The standard InChI is InChI=1S/C14H19NO3/c1-14(13(16)17,12-4-5-12)18-10-2-3-11-6-8-15-9-7-11/h6-9,12H,2-5,10H2,1H3,(H,16,17). The zero-order valence-corrected chi connectivity index (χ0v) is 10.6. The summed E-state index contributed by atoms with van der Waals surface area (Å²) in [5, 5.41) is 9.23. The smallest absolute Gasteiger partial charge is 0.335 e. The summed E-state index contributed by atoms with van der Waals surface area (Å²) in [5.41, 5.74) is 0.218. The van der Waals surface area contributed by atoms with E-state index in [1.807, 2.05) is 12.1 Å². The number of hydrogen-bond donors (Lipinski definition) is 1. The number of aliphatic carboxylic acids is 1. The van der Waals surface area contributed by atoms with Crippen LogP contribution in [-0.4, -0.2) is 28.3 Å². The van der Waals surface area contributed by atoms with Crippen LogP contribution in [0.1, 0.15) is 31.7 Å². The molecule has 1 N–H and O–H groups in total. The Morgan fingerprint density at radius 1 is 1.50 bits per heavy atom. The van der Waals surface area contributed by atoms with Crippen molar-refractivity contribution in [1.82, 2.24) is 4.98 Å². The number of nitrogens with zero attached hydrogens (tertiary/aromatic N) is 1. The Hall–Kier alpha value is -1.42. The number of hydrogen-bond acceptors (Lipinski definition) is 3. The van der Waals surface area contributed by atoms with E-state index in [0.29, 0.717) is 6.61 Å². The molecule has 1 saturated carbocycles. The Kier molecular flexibility index (Phi) is 3.97. The molecule has 0 spiro atoms. The van der Waals surface area contributed by atoms with Crippen LogP contribution in [0.5, 0.6) is 0 Å². The van der Waals surface area contributed by atoms with E-state index >= 15 is 0 Å². The number of carboxylic acid groups (broad SMARTS) is 1. The zero-order valence-electron chi connectivity index (χ0n) is 10.6. The minimum absolute atomic E-state index is 0.191. The van der Waals surface area contributed by atoms with Gasteiger partial charge in [-0.05, 0) is 56.2 Å². The molecule has 1 aliphatic carbocycles. The Morgan fingerprint density at radius 2 is 2.17 bits per heavy atom. The average molecular weight is 249 g/mol. The Bertz CT molecular complexity index is 403. The van der Waals surface area contributed by atoms with Gasteiger partial charge in [0.1, 0.15) is 0 Å². The molecule has 4 heteroatoms. The maximum absolute atomic E-state index is 11.2. The number of aromatic nitrogens is 1. The van der Waals surface area contributed by atoms with Crippen molar-refractivity contribution in [1.29, 1.82) is 0 Å². The summed E-state index contributed by atoms with van der Waals surface area (Å²) in [7, 11) is 0. The van der Waals surface area contributed by atoms with E-state index in [4.69, 9.17) is 4.74 Å². The van der Waals surface area contributed by atoms with E-state index < -0.39 is 11.6 Å². The van der Waals surface area contributed by atoms with E-state index in [-0.39, 0.29) is 5.92 Å². The quantitative estimate of drug-likeness (QED) is 0.753. The number of aryl methyl sites for hydroxylation is 1. The van der Waals surface area contributed by atoms with Crippen LogP contribution in [0.3, 0.4) is 0 Å². The molecule has 1 atom stereocenters. The largest absolute Gasteiger partial charge is 0.479 e. The SMILES string of the molecule is CC(OCCCc1ccncc1)(C(=O)O)C1CC1. The molecule has 0 aliphatic heterocycles. The number of ether oxygens (including phenoxy) is 1. The first-order valence-electron chi connectivity index (χ1n) is 6.39. The van der Waals surface area contributed by atoms with E-state index in [1.165, 1.54) is 5.56 Å². The highest BCUT2D eigenvalue weighted by atomic mass is 16.5. The monoisotopic (exact) mass is 249 g/mol.